The number of pyridine rings is 1. The van der Waals surface area contributed by atoms with Gasteiger partial charge in [-0.05, 0) is 48.6 Å². The van der Waals surface area contributed by atoms with Gasteiger partial charge in [0, 0.05) is 63.9 Å². The standard InChI is InChI=1S/C30H41N5O3/c1-2-28(36)33-27(30(38)35-18-16-34(17-19-35)22-26-10-6-7-15-31-26)20-24-11-13-25(14-12-24)32-29(37)21-23-8-4-3-5-9-23/h6-7,10-15,23,27H,2-5,8-9,16-22H2,1H3,(H,32,37)(H,33,36)/t27-/m1/s1. The summed E-state index contributed by atoms with van der Waals surface area (Å²) >= 11 is 0. The molecule has 204 valence electrons. The second-order valence-electron chi connectivity index (χ2n) is 10.6. The van der Waals surface area contributed by atoms with Gasteiger partial charge in [0.2, 0.25) is 17.7 Å². The first-order chi connectivity index (χ1) is 18.5. The lowest BCUT2D eigenvalue weighted by Gasteiger charge is -2.36. The van der Waals surface area contributed by atoms with Crippen LogP contribution in [0.25, 0.3) is 0 Å². The SMILES string of the molecule is CCC(=O)N[C@H](Cc1ccc(NC(=O)CC2CCCCC2)cc1)C(=O)N1CCN(Cc2ccccn2)CC1. The molecule has 4 rings (SSSR count). The number of carbonyl (C=O) groups excluding carboxylic acids is 3. The number of piperazine rings is 1. The summed E-state index contributed by atoms with van der Waals surface area (Å²) in [5, 5.41) is 5.95. The van der Waals surface area contributed by atoms with E-state index in [-0.39, 0.29) is 17.7 Å². The zero-order valence-corrected chi connectivity index (χ0v) is 22.5. The number of aromatic nitrogens is 1. The maximum atomic E-state index is 13.4. The lowest BCUT2D eigenvalue weighted by atomic mass is 9.87. The minimum Gasteiger partial charge on any atom is -0.344 e. The molecule has 3 amide bonds. The van der Waals surface area contributed by atoms with E-state index in [9.17, 15) is 14.4 Å². The number of rotatable bonds is 10. The third-order valence-corrected chi connectivity index (χ3v) is 7.63. The Morgan fingerprint density at radius 2 is 1.68 bits per heavy atom. The van der Waals surface area contributed by atoms with Crippen LogP contribution in [0, 0.1) is 5.92 Å². The van der Waals surface area contributed by atoms with Crippen molar-refractivity contribution in [2.75, 3.05) is 31.5 Å². The number of hydrogen-bond donors (Lipinski definition) is 2. The largest absolute Gasteiger partial charge is 0.344 e. The van der Waals surface area contributed by atoms with Crippen molar-refractivity contribution < 1.29 is 14.4 Å². The average Bonchev–Trinajstić information content (AvgIpc) is 2.94. The molecule has 38 heavy (non-hydrogen) atoms. The first-order valence-electron chi connectivity index (χ1n) is 14.1. The van der Waals surface area contributed by atoms with Gasteiger partial charge < -0.3 is 15.5 Å². The number of carbonyl (C=O) groups is 3. The van der Waals surface area contributed by atoms with Gasteiger partial charge >= 0.3 is 0 Å². The normalized spacial score (nSPS) is 17.6. The highest BCUT2D eigenvalue weighted by Crippen LogP contribution is 2.26. The van der Waals surface area contributed by atoms with Gasteiger partial charge in [0.25, 0.3) is 0 Å². The Kier molecular flexibility index (Phi) is 10.3. The topological polar surface area (TPSA) is 94.6 Å². The van der Waals surface area contributed by atoms with Crippen LogP contribution in [0.5, 0.6) is 0 Å². The summed E-state index contributed by atoms with van der Waals surface area (Å²) < 4.78 is 0. The van der Waals surface area contributed by atoms with Gasteiger partial charge in [0.15, 0.2) is 0 Å². The number of hydrogen-bond acceptors (Lipinski definition) is 5. The van der Waals surface area contributed by atoms with Gasteiger partial charge in [0.1, 0.15) is 6.04 Å². The van der Waals surface area contributed by atoms with Crippen molar-refractivity contribution in [2.24, 2.45) is 5.92 Å². The molecule has 2 aromatic rings. The summed E-state index contributed by atoms with van der Waals surface area (Å²) in [5.74, 6) is 0.377. The van der Waals surface area contributed by atoms with Crippen molar-refractivity contribution in [1.29, 1.82) is 0 Å². The first-order valence-corrected chi connectivity index (χ1v) is 14.1. The fourth-order valence-corrected chi connectivity index (χ4v) is 5.39. The molecule has 2 fully saturated rings. The van der Waals surface area contributed by atoms with Crippen LogP contribution in [-0.2, 0) is 27.3 Å². The van der Waals surface area contributed by atoms with Crippen molar-refractivity contribution in [3.63, 3.8) is 0 Å². The molecular formula is C30H41N5O3. The van der Waals surface area contributed by atoms with Crippen LogP contribution in [0.2, 0.25) is 0 Å². The van der Waals surface area contributed by atoms with Crippen molar-refractivity contribution in [1.82, 2.24) is 20.1 Å². The molecule has 8 nitrogen and oxygen atoms in total. The molecule has 0 radical (unpaired) electrons. The Hall–Kier alpha value is -3.26. The molecule has 1 aromatic carbocycles. The van der Waals surface area contributed by atoms with Gasteiger partial charge in [-0.15, -0.1) is 0 Å². The third kappa shape index (κ3) is 8.38. The highest BCUT2D eigenvalue weighted by molar-refractivity contribution is 5.91. The minimum absolute atomic E-state index is 0.0471. The molecule has 1 aliphatic heterocycles. The fraction of sp³-hybridized carbons (Fsp3) is 0.533. The molecule has 8 heteroatoms. The van der Waals surface area contributed by atoms with Gasteiger partial charge in [-0.25, -0.2) is 0 Å². The second-order valence-corrected chi connectivity index (χ2v) is 10.6. The van der Waals surface area contributed by atoms with E-state index in [4.69, 9.17) is 0 Å². The van der Waals surface area contributed by atoms with Gasteiger partial charge in [-0.1, -0.05) is 44.4 Å². The highest BCUT2D eigenvalue weighted by atomic mass is 16.2. The van der Waals surface area contributed by atoms with Gasteiger partial charge in [-0.2, -0.15) is 0 Å². The Balaban J connectivity index is 1.30. The molecule has 1 saturated heterocycles. The number of nitrogens with one attached hydrogen (secondary N) is 2. The number of anilines is 1. The van der Waals surface area contributed by atoms with Crippen LogP contribution in [0.4, 0.5) is 5.69 Å². The van der Waals surface area contributed by atoms with Crippen LogP contribution >= 0.6 is 0 Å². The summed E-state index contributed by atoms with van der Waals surface area (Å²) in [5.41, 5.74) is 2.73. The summed E-state index contributed by atoms with van der Waals surface area (Å²) in [4.78, 5) is 46.7. The van der Waals surface area contributed by atoms with E-state index >= 15 is 0 Å². The van der Waals surface area contributed by atoms with Gasteiger partial charge in [-0.3, -0.25) is 24.3 Å². The molecule has 1 aromatic heterocycles. The lowest BCUT2D eigenvalue weighted by molar-refractivity contribution is -0.138. The summed E-state index contributed by atoms with van der Waals surface area (Å²) in [6.45, 7) is 5.34. The van der Waals surface area contributed by atoms with Crippen LogP contribution < -0.4 is 10.6 Å². The number of nitrogens with zero attached hydrogens (tertiary/aromatic N) is 3. The quantitative estimate of drug-likeness (QED) is 0.498. The fourth-order valence-electron chi connectivity index (χ4n) is 5.39. The lowest BCUT2D eigenvalue weighted by Crippen LogP contribution is -2.55. The highest BCUT2D eigenvalue weighted by Gasteiger charge is 2.29. The first kappa shape index (κ1) is 27.8. The third-order valence-electron chi connectivity index (χ3n) is 7.63. The van der Waals surface area contributed by atoms with E-state index in [1.807, 2.05) is 47.4 Å². The van der Waals surface area contributed by atoms with Crippen molar-refractivity contribution in [2.45, 2.75) is 70.9 Å². The van der Waals surface area contributed by atoms with Gasteiger partial charge in [0.05, 0.1) is 5.69 Å². The van der Waals surface area contributed by atoms with Crippen LogP contribution in [-0.4, -0.2) is 64.7 Å². The maximum absolute atomic E-state index is 13.4. The average molecular weight is 520 g/mol. The minimum atomic E-state index is -0.614. The van der Waals surface area contributed by atoms with E-state index in [1.165, 1.54) is 19.3 Å². The van der Waals surface area contributed by atoms with Crippen LogP contribution in [0.1, 0.15) is 63.1 Å². The van der Waals surface area contributed by atoms with Crippen molar-refractivity contribution >= 4 is 23.4 Å². The van der Waals surface area contributed by atoms with Crippen LogP contribution in [0.15, 0.2) is 48.7 Å². The Morgan fingerprint density at radius 1 is 0.947 bits per heavy atom. The predicted octanol–water partition coefficient (Wildman–Crippen LogP) is 3.77. The molecule has 1 aliphatic carbocycles. The Bertz CT molecular complexity index is 1050. The Morgan fingerprint density at radius 3 is 2.34 bits per heavy atom. The molecule has 2 N–H and O–H groups in total. The second kappa shape index (κ2) is 14.0. The smallest absolute Gasteiger partial charge is 0.245 e. The van der Waals surface area contributed by atoms with Crippen molar-refractivity contribution in [3.05, 3.63) is 59.9 Å². The van der Waals surface area contributed by atoms with E-state index in [2.05, 4.69) is 20.5 Å². The summed E-state index contributed by atoms with van der Waals surface area (Å²) in [6, 6.07) is 12.9. The van der Waals surface area contributed by atoms with E-state index in [1.54, 1.807) is 13.1 Å². The molecule has 0 bridgehead atoms. The molecular weight excluding hydrogens is 478 g/mol. The zero-order chi connectivity index (χ0) is 26.7. The van der Waals surface area contributed by atoms with E-state index < -0.39 is 6.04 Å². The Labute approximate surface area is 226 Å². The summed E-state index contributed by atoms with van der Waals surface area (Å²) in [7, 11) is 0. The zero-order valence-electron chi connectivity index (χ0n) is 22.5. The molecule has 1 atom stereocenters. The van der Waals surface area contributed by atoms with E-state index in [0.717, 1.165) is 49.4 Å². The molecule has 2 aliphatic rings. The molecule has 1 saturated carbocycles. The number of amides is 3. The number of benzene rings is 1. The van der Waals surface area contributed by atoms with Crippen molar-refractivity contribution in [3.8, 4) is 0 Å². The molecule has 2 heterocycles. The summed E-state index contributed by atoms with van der Waals surface area (Å²) in [6.07, 6.45) is 9.14. The molecule has 0 unspecified atom stereocenters. The molecule has 0 spiro atoms. The monoisotopic (exact) mass is 519 g/mol. The predicted molar refractivity (Wildman–Crippen MR) is 148 cm³/mol. The maximum Gasteiger partial charge on any atom is 0.245 e. The van der Waals surface area contributed by atoms with E-state index in [0.29, 0.717) is 38.3 Å². The van der Waals surface area contributed by atoms with Crippen LogP contribution in [0.3, 0.4) is 0 Å².